The van der Waals surface area contributed by atoms with E-state index in [-0.39, 0.29) is 24.1 Å². The summed E-state index contributed by atoms with van der Waals surface area (Å²) < 4.78 is 18.0. The molecule has 7 nitrogen and oxygen atoms in total. The van der Waals surface area contributed by atoms with Gasteiger partial charge in [-0.25, -0.2) is 9.18 Å². The van der Waals surface area contributed by atoms with E-state index in [9.17, 15) is 18.8 Å². The number of halogens is 1. The highest BCUT2D eigenvalue weighted by molar-refractivity contribution is 5.97. The zero-order chi connectivity index (χ0) is 19.7. The van der Waals surface area contributed by atoms with Crippen molar-refractivity contribution in [3.05, 3.63) is 70.0 Å². The molecule has 144 valence electrons. The number of carbonyl (C=O) groups is 2. The Morgan fingerprint density at radius 1 is 1.00 bits per heavy atom. The van der Waals surface area contributed by atoms with E-state index in [2.05, 4.69) is 4.98 Å². The number of nitrogens with zero attached hydrogens (tertiary/aromatic N) is 2. The summed E-state index contributed by atoms with van der Waals surface area (Å²) in [5, 5.41) is 0. The van der Waals surface area contributed by atoms with Crippen molar-refractivity contribution in [1.29, 1.82) is 0 Å². The highest BCUT2D eigenvalue weighted by Gasteiger charge is 2.25. The van der Waals surface area contributed by atoms with E-state index in [0.717, 1.165) is 5.56 Å². The molecule has 1 fully saturated rings. The molecule has 0 unspecified atom stereocenters. The van der Waals surface area contributed by atoms with Crippen molar-refractivity contribution < 1.29 is 18.4 Å². The lowest BCUT2D eigenvalue weighted by Gasteiger charge is -2.35. The van der Waals surface area contributed by atoms with Crippen molar-refractivity contribution in [3.63, 3.8) is 0 Å². The first-order valence-corrected chi connectivity index (χ1v) is 8.94. The molecular formula is C20H18FN3O4. The molecule has 2 heterocycles. The van der Waals surface area contributed by atoms with Crippen molar-refractivity contribution in [2.75, 3.05) is 26.2 Å². The monoisotopic (exact) mass is 383 g/mol. The smallest absolute Gasteiger partial charge is 0.408 e. The quantitative estimate of drug-likeness (QED) is 0.747. The molecule has 2 aromatic carbocycles. The molecular weight excluding hydrogens is 365 g/mol. The number of hydrogen-bond acceptors (Lipinski definition) is 4. The molecule has 1 N–H and O–H groups in total. The summed E-state index contributed by atoms with van der Waals surface area (Å²) in [7, 11) is 0. The lowest BCUT2D eigenvalue weighted by Crippen LogP contribution is -2.51. The van der Waals surface area contributed by atoms with Gasteiger partial charge < -0.3 is 14.2 Å². The van der Waals surface area contributed by atoms with Crippen LogP contribution < -0.4 is 5.76 Å². The second-order valence-corrected chi connectivity index (χ2v) is 6.70. The Labute approximate surface area is 159 Å². The minimum atomic E-state index is -0.562. The number of rotatable bonds is 3. The minimum Gasteiger partial charge on any atom is -0.408 e. The van der Waals surface area contributed by atoms with Crippen LogP contribution in [0.1, 0.15) is 15.9 Å². The molecule has 4 rings (SSSR count). The maximum Gasteiger partial charge on any atom is 0.417 e. The Balaban J connectivity index is 1.37. The topological polar surface area (TPSA) is 86.6 Å². The van der Waals surface area contributed by atoms with Crippen LogP contribution in [0.3, 0.4) is 0 Å². The summed E-state index contributed by atoms with van der Waals surface area (Å²) in [4.78, 5) is 42.3. The Morgan fingerprint density at radius 3 is 2.39 bits per heavy atom. The highest BCUT2D eigenvalue weighted by Crippen LogP contribution is 2.16. The van der Waals surface area contributed by atoms with Crippen LogP contribution in [0.25, 0.3) is 11.1 Å². The molecule has 3 aromatic rings. The van der Waals surface area contributed by atoms with Crippen molar-refractivity contribution >= 4 is 22.9 Å². The zero-order valence-electron chi connectivity index (χ0n) is 15.0. The SMILES string of the molecule is O=C(Cc1ccc(F)cc1)N1CCN(C(=O)c2ccc3[nH]c(=O)oc3c2)CC1. The first kappa shape index (κ1) is 18.0. The Kier molecular flexibility index (Phi) is 4.68. The van der Waals surface area contributed by atoms with E-state index in [1.165, 1.54) is 12.1 Å². The number of hydrogen-bond donors (Lipinski definition) is 1. The van der Waals surface area contributed by atoms with Crippen LogP contribution in [0.5, 0.6) is 0 Å². The van der Waals surface area contributed by atoms with Crippen molar-refractivity contribution in [1.82, 2.24) is 14.8 Å². The van der Waals surface area contributed by atoms with Gasteiger partial charge in [-0.3, -0.25) is 14.6 Å². The van der Waals surface area contributed by atoms with Crippen LogP contribution >= 0.6 is 0 Å². The van der Waals surface area contributed by atoms with Crippen LogP contribution in [0.2, 0.25) is 0 Å². The lowest BCUT2D eigenvalue weighted by atomic mass is 10.1. The van der Waals surface area contributed by atoms with Gasteiger partial charge in [-0.2, -0.15) is 0 Å². The molecule has 0 saturated carbocycles. The molecule has 0 aliphatic carbocycles. The van der Waals surface area contributed by atoms with Crippen molar-refractivity contribution in [2.24, 2.45) is 0 Å². The number of oxazole rings is 1. The third kappa shape index (κ3) is 3.66. The summed E-state index contributed by atoms with van der Waals surface area (Å²) in [6.45, 7) is 1.72. The van der Waals surface area contributed by atoms with E-state index in [4.69, 9.17) is 4.42 Å². The summed E-state index contributed by atoms with van der Waals surface area (Å²) in [6, 6.07) is 10.7. The number of carbonyl (C=O) groups excluding carboxylic acids is 2. The molecule has 1 saturated heterocycles. The van der Waals surface area contributed by atoms with Gasteiger partial charge >= 0.3 is 5.76 Å². The van der Waals surface area contributed by atoms with Gasteiger partial charge in [-0.15, -0.1) is 0 Å². The second kappa shape index (κ2) is 7.30. The molecule has 0 bridgehead atoms. The van der Waals surface area contributed by atoms with Gasteiger partial charge in [0.25, 0.3) is 5.91 Å². The van der Waals surface area contributed by atoms with E-state index in [1.807, 2.05) is 0 Å². The van der Waals surface area contributed by atoms with Gasteiger partial charge in [0.05, 0.1) is 11.9 Å². The second-order valence-electron chi connectivity index (χ2n) is 6.70. The van der Waals surface area contributed by atoms with E-state index >= 15 is 0 Å². The van der Waals surface area contributed by atoms with Crippen LogP contribution in [-0.4, -0.2) is 52.8 Å². The van der Waals surface area contributed by atoms with Crippen LogP contribution in [-0.2, 0) is 11.2 Å². The summed E-state index contributed by atoms with van der Waals surface area (Å²) >= 11 is 0. The van der Waals surface area contributed by atoms with Gasteiger partial charge in [0.2, 0.25) is 5.91 Å². The maximum atomic E-state index is 13.0. The van der Waals surface area contributed by atoms with Crippen molar-refractivity contribution in [2.45, 2.75) is 6.42 Å². The summed E-state index contributed by atoms with van der Waals surface area (Å²) in [5.41, 5.74) is 2.06. The highest BCUT2D eigenvalue weighted by atomic mass is 19.1. The normalized spacial score (nSPS) is 14.5. The molecule has 8 heteroatoms. The number of aromatic nitrogens is 1. The number of benzene rings is 2. The predicted molar refractivity (Wildman–Crippen MR) is 99.4 cm³/mol. The zero-order valence-corrected chi connectivity index (χ0v) is 15.0. The van der Waals surface area contributed by atoms with Crippen molar-refractivity contribution in [3.8, 4) is 0 Å². The molecule has 0 atom stereocenters. The number of aromatic amines is 1. The predicted octanol–water partition coefficient (Wildman–Crippen LogP) is 1.79. The largest absolute Gasteiger partial charge is 0.417 e. The number of nitrogens with one attached hydrogen (secondary N) is 1. The fourth-order valence-electron chi connectivity index (χ4n) is 3.31. The lowest BCUT2D eigenvalue weighted by molar-refractivity contribution is -0.131. The Hall–Kier alpha value is -3.42. The third-order valence-electron chi connectivity index (χ3n) is 4.86. The molecule has 1 aromatic heterocycles. The van der Waals surface area contributed by atoms with E-state index < -0.39 is 5.76 Å². The summed E-state index contributed by atoms with van der Waals surface area (Å²) in [6.07, 6.45) is 0.206. The standard InChI is InChI=1S/C20H18FN3O4/c21-15-4-1-13(2-5-15)11-18(25)23-7-9-24(10-8-23)19(26)14-3-6-16-17(12-14)28-20(27)22-16/h1-6,12H,7-11H2,(H,22,27). The molecule has 0 spiro atoms. The first-order valence-electron chi connectivity index (χ1n) is 8.94. The minimum absolute atomic E-state index is 0.0470. The number of piperazine rings is 1. The van der Waals surface area contributed by atoms with E-state index in [0.29, 0.717) is 42.8 Å². The van der Waals surface area contributed by atoms with Crippen LogP contribution in [0.4, 0.5) is 4.39 Å². The molecule has 1 aliphatic heterocycles. The number of amides is 2. The van der Waals surface area contributed by atoms with Gasteiger partial charge in [0.15, 0.2) is 5.58 Å². The molecule has 1 aliphatic rings. The fourth-order valence-corrected chi connectivity index (χ4v) is 3.31. The molecule has 2 amide bonds. The summed E-state index contributed by atoms with van der Waals surface area (Å²) in [5.74, 6) is -1.11. The number of fused-ring (bicyclic) bond motifs is 1. The first-order chi connectivity index (χ1) is 13.5. The average Bonchev–Trinajstić information content (AvgIpc) is 3.08. The molecule has 28 heavy (non-hydrogen) atoms. The van der Waals surface area contributed by atoms with E-state index in [1.54, 1.807) is 40.1 Å². The Morgan fingerprint density at radius 2 is 1.68 bits per heavy atom. The molecule has 0 radical (unpaired) electrons. The number of H-pyrrole nitrogens is 1. The third-order valence-corrected chi connectivity index (χ3v) is 4.86. The van der Waals surface area contributed by atoms with Crippen LogP contribution in [0.15, 0.2) is 51.7 Å². The van der Waals surface area contributed by atoms with Crippen LogP contribution in [0, 0.1) is 5.82 Å². The van der Waals surface area contributed by atoms with Gasteiger partial charge in [0, 0.05) is 31.7 Å². The fraction of sp³-hybridized carbons (Fsp3) is 0.250. The van der Waals surface area contributed by atoms with Gasteiger partial charge in [-0.05, 0) is 35.9 Å². The maximum absolute atomic E-state index is 13.0. The van der Waals surface area contributed by atoms with Gasteiger partial charge in [0.1, 0.15) is 5.82 Å². The Bertz CT molecular complexity index is 1080. The van der Waals surface area contributed by atoms with Gasteiger partial charge in [-0.1, -0.05) is 12.1 Å². The average molecular weight is 383 g/mol.